The number of nitro benzene ring substituents is 1. The summed E-state index contributed by atoms with van der Waals surface area (Å²) in [7, 11) is 0. The van der Waals surface area contributed by atoms with Gasteiger partial charge in [0, 0.05) is 50.9 Å². The molecule has 1 saturated carbocycles. The summed E-state index contributed by atoms with van der Waals surface area (Å²) >= 11 is 0. The second-order valence-electron chi connectivity index (χ2n) is 7.20. The van der Waals surface area contributed by atoms with Gasteiger partial charge in [-0.15, -0.1) is 24.0 Å². The molecule has 1 aliphatic carbocycles. The number of rotatable bonds is 7. The molecular formula is C19H29IN6O3. The molecule has 10 heteroatoms. The van der Waals surface area contributed by atoms with Crippen molar-refractivity contribution in [3.8, 4) is 0 Å². The smallest absolute Gasteiger partial charge is 0.269 e. The number of non-ortho nitro benzene ring substituents is 1. The number of nitrogens with one attached hydrogen (secondary N) is 2. The molecule has 1 aliphatic heterocycles. The van der Waals surface area contributed by atoms with Gasteiger partial charge < -0.3 is 15.5 Å². The molecule has 0 bridgehead atoms. The first-order valence-corrected chi connectivity index (χ1v) is 9.83. The second-order valence-corrected chi connectivity index (χ2v) is 7.20. The number of carbonyl (C=O) groups excluding carboxylic acids is 1. The number of aliphatic imine (C=N–C) groups is 1. The molecule has 0 unspecified atom stereocenters. The van der Waals surface area contributed by atoms with Crippen molar-refractivity contribution in [2.75, 3.05) is 39.3 Å². The fourth-order valence-electron chi connectivity index (χ4n) is 3.14. The predicted molar refractivity (Wildman–Crippen MR) is 123 cm³/mol. The molecule has 29 heavy (non-hydrogen) atoms. The number of nitro groups is 1. The van der Waals surface area contributed by atoms with Gasteiger partial charge in [0.25, 0.3) is 5.69 Å². The van der Waals surface area contributed by atoms with E-state index in [0.717, 1.165) is 57.1 Å². The average molecular weight is 516 g/mol. The molecule has 2 aliphatic rings. The van der Waals surface area contributed by atoms with Crippen LogP contribution in [0.2, 0.25) is 0 Å². The van der Waals surface area contributed by atoms with E-state index in [1.165, 1.54) is 12.1 Å². The summed E-state index contributed by atoms with van der Waals surface area (Å²) in [6.45, 7) is 6.97. The summed E-state index contributed by atoms with van der Waals surface area (Å²) in [4.78, 5) is 31.4. The van der Waals surface area contributed by atoms with E-state index >= 15 is 0 Å². The Morgan fingerprint density at radius 3 is 2.41 bits per heavy atom. The number of hydrogen-bond acceptors (Lipinski definition) is 5. The van der Waals surface area contributed by atoms with Crippen LogP contribution >= 0.6 is 24.0 Å². The first-order valence-electron chi connectivity index (χ1n) is 9.83. The molecule has 0 spiro atoms. The Labute approximate surface area is 188 Å². The van der Waals surface area contributed by atoms with Crippen LogP contribution in [0.1, 0.15) is 25.3 Å². The lowest BCUT2D eigenvalue weighted by Gasteiger charge is -2.36. The van der Waals surface area contributed by atoms with Gasteiger partial charge >= 0.3 is 0 Å². The Morgan fingerprint density at radius 2 is 1.86 bits per heavy atom. The van der Waals surface area contributed by atoms with E-state index in [4.69, 9.17) is 0 Å². The highest BCUT2D eigenvalue weighted by atomic mass is 127. The summed E-state index contributed by atoms with van der Waals surface area (Å²) in [6, 6.07) is 6.89. The molecule has 2 fully saturated rings. The van der Waals surface area contributed by atoms with E-state index in [1.54, 1.807) is 12.1 Å². The third kappa shape index (κ3) is 7.42. The van der Waals surface area contributed by atoms with E-state index in [0.29, 0.717) is 19.1 Å². The standard InChI is InChI=1S/C19H28N6O3.HI/c1-2-20-19(21-13-15-3-7-17(8-4-15)25(27)28)24-11-9-23(10-12-24)14-18(26)22-16-5-6-16;/h3-4,7-8,16H,2,5-6,9-14H2,1H3,(H,20,21)(H,22,26);1H. The van der Waals surface area contributed by atoms with Crippen molar-refractivity contribution >= 4 is 41.5 Å². The van der Waals surface area contributed by atoms with Crippen LogP contribution < -0.4 is 10.6 Å². The number of hydrogen-bond donors (Lipinski definition) is 2. The Hall–Kier alpha value is -1.95. The zero-order valence-electron chi connectivity index (χ0n) is 16.7. The lowest BCUT2D eigenvalue weighted by Crippen LogP contribution is -2.54. The molecule has 0 atom stereocenters. The molecule has 1 heterocycles. The lowest BCUT2D eigenvalue weighted by atomic mass is 10.2. The third-order valence-corrected chi connectivity index (χ3v) is 4.87. The molecule has 1 saturated heterocycles. The minimum atomic E-state index is -0.401. The van der Waals surface area contributed by atoms with Gasteiger partial charge in [0.05, 0.1) is 18.0 Å². The molecule has 0 aromatic heterocycles. The predicted octanol–water partition coefficient (Wildman–Crippen LogP) is 1.57. The van der Waals surface area contributed by atoms with Gasteiger partial charge in [-0.05, 0) is 25.3 Å². The van der Waals surface area contributed by atoms with Gasteiger partial charge in [-0.2, -0.15) is 0 Å². The maximum absolute atomic E-state index is 12.0. The van der Waals surface area contributed by atoms with Crippen LogP contribution in [0, 0.1) is 10.1 Å². The molecule has 0 radical (unpaired) electrons. The molecule has 1 amide bonds. The van der Waals surface area contributed by atoms with Crippen LogP contribution in [0.4, 0.5) is 5.69 Å². The van der Waals surface area contributed by atoms with Crippen LogP contribution in [-0.4, -0.2) is 71.9 Å². The SMILES string of the molecule is CCNC(=NCc1ccc([N+](=O)[O-])cc1)N1CCN(CC(=O)NC2CC2)CC1.I. The van der Waals surface area contributed by atoms with Crippen LogP contribution in [0.15, 0.2) is 29.3 Å². The van der Waals surface area contributed by atoms with E-state index in [-0.39, 0.29) is 35.6 Å². The third-order valence-electron chi connectivity index (χ3n) is 4.87. The number of guanidine groups is 1. The van der Waals surface area contributed by atoms with Gasteiger partial charge in [0.15, 0.2) is 5.96 Å². The minimum Gasteiger partial charge on any atom is -0.357 e. The minimum absolute atomic E-state index is 0. The zero-order valence-corrected chi connectivity index (χ0v) is 19.0. The molecular weight excluding hydrogens is 487 g/mol. The zero-order chi connectivity index (χ0) is 19.9. The van der Waals surface area contributed by atoms with Crippen molar-refractivity contribution in [1.82, 2.24) is 20.4 Å². The average Bonchev–Trinajstić information content (AvgIpc) is 3.50. The van der Waals surface area contributed by atoms with Crippen molar-refractivity contribution in [1.29, 1.82) is 0 Å². The summed E-state index contributed by atoms with van der Waals surface area (Å²) in [6.07, 6.45) is 2.22. The normalized spacial score (nSPS) is 17.4. The highest BCUT2D eigenvalue weighted by Gasteiger charge is 2.25. The summed E-state index contributed by atoms with van der Waals surface area (Å²) in [5, 5.41) is 17.1. The van der Waals surface area contributed by atoms with E-state index < -0.39 is 4.92 Å². The fourth-order valence-corrected chi connectivity index (χ4v) is 3.14. The summed E-state index contributed by atoms with van der Waals surface area (Å²) in [5.74, 6) is 0.956. The Kier molecular flexibility index (Phi) is 9.08. The fraction of sp³-hybridized carbons (Fsp3) is 0.579. The van der Waals surface area contributed by atoms with Crippen molar-refractivity contribution in [2.45, 2.75) is 32.4 Å². The summed E-state index contributed by atoms with van der Waals surface area (Å²) < 4.78 is 0. The van der Waals surface area contributed by atoms with Gasteiger partial charge in [-0.3, -0.25) is 19.8 Å². The van der Waals surface area contributed by atoms with E-state index in [1.807, 2.05) is 6.92 Å². The maximum Gasteiger partial charge on any atom is 0.269 e. The van der Waals surface area contributed by atoms with E-state index in [9.17, 15) is 14.9 Å². The highest BCUT2D eigenvalue weighted by Crippen LogP contribution is 2.18. The molecule has 160 valence electrons. The van der Waals surface area contributed by atoms with E-state index in [2.05, 4.69) is 25.4 Å². The molecule has 9 nitrogen and oxygen atoms in total. The van der Waals surface area contributed by atoms with Gasteiger partial charge in [0.1, 0.15) is 0 Å². The first kappa shape index (κ1) is 23.3. The largest absolute Gasteiger partial charge is 0.357 e. The molecule has 1 aromatic rings. The summed E-state index contributed by atoms with van der Waals surface area (Å²) in [5.41, 5.74) is 1.01. The number of halogens is 1. The van der Waals surface area contributed by atoms with Crippen LogP contribution in [0.5, 0.6) is 0 Å². The Morgan fingerprint density at radius 1 is 1.21 bits per heavy atom. The Bertz CT molecular complexity index is 715. The van der Waals surface area contributed by atoms with Gasteiger partial charge in [-0.25, -0.2) is 4.99 Å². The maximum atomic E-state index is 12.0. The van der Waals surface area contributed by atoms with Gasteiger partial charge in [-0.1, -0.05) is 12.1 Å². The number of nitrogens with zero attached hydrogens (tertiary/aromatic N) is 4. The number of amides is 1. The van der Waals surface area contributed by atoms with Crippen LogP contribution in [-0.2, 0) is 11.3 Å². The van der Waals surface area contributed by atoms with Gasteiger partial charge in [0.2, 0.25) is 5.91 Å². The van der Waals surface area contributed by atoms with Crippen molar-refractivity contribution in [2.24, 2.45) is 4.99 Å². The highest BCUT2D eigenvalue weighted by molar-refractivity contribution is 14.0. The van der Waals surface area contributed by atoms with Crippen molar-refractivity contribution in [3.05, 3.63) is 39.9 Å². The van der Waals surface area contributed by atoms with Crippen molar-refractivity contribution in [3.63, 3.8) is 0 Å². The topological polar surface area (TPSA) is 103 Å². The van der Waals surface area contributed by atoms with Crippen molar-refractivity contribution < 1.29 is 9.72 Å². The second kappa shape index (κ2) is 11.3. The number of piperazine rings is 1. The lowest BCUT2D eigenvalue weighted by molar-refractivity contribution is -0.384. The van der Waals surface area contributed by atoms with Crippen LogP contribution in [0.3, 0.4) is 0 Å². The molecule has 1 aromatic carbocycles. The molecule has 2 N–H and O–H groups in total. The quantitative estimate of drug-likeness (QED) is 0.188. The number of benzene rings is 1. The molecule has 3 rings (SSSR count). The first-order chi connectivity index (χ1) is 13.5. The number of carbonyl (C=O) groups is 1. The monoisotopic (exact) mass is 516 g/mol. The van der Waals surface area contributed by atoms with Crippen LogP contribution in [0.25, 0.3) is 0 Å². The Balaban J connectivity index is 0.00000300.